The van der Waals surface area contributed by atoms with Crippen molar-refractivity contribution in [3.05, 3.63) is 83.4 Å². The van der Waals surface area contributed by atoms with Gasteiger partial charge in [0.15, 0.2) is 0 Å². The molecule has 4 rings (SSSR count). The lowest BCUT2D eigenvalue weighted by Crippen LogP contribution is -2.33. The first-order chi connectivity index (χ1) is 16.5. The number of hydrogen-bond donors (Lipinski definition) is 0. The Morgan fingerprint density at radius 3 is 2.84 bits per heavy atom. The van der Waals surface area contributed by atoms with Crippen LogP contribution in [0.15, 0.2) is 60.9 Å². The lowest BCUT2D eigenvalue weighted by Gasteiger charge is -2.24. The number of anilines is 1. The Bertz CT molecular complexity index is 1440. The van der Waals surface area contributed by atoms with Crippen molar-refractivity contribution >= 4 is 17.2 Å². The molecular formula is C21H15F4N5O2. The second-order valence-electron chi connectivity index (χ2n) is 6.51. The number of amides is 1. The molecule has 0 N–H and O–H groups in total. The van der Waals surface area contributed by atoms with Gasteiger partial charge in [0.25, 0.3) is 5.91 Å². The van der Waals surface area contributed by atoms with E-state index in [1.54, 1.807) is 6.07 Å². The van der Waals surface area contributed by atoms with E-state index in [0.717, 1.165) is 12.0 Å². The van der Waals surface area contributed by atoms with Crippen molar-refractivity contribution in [1.29, 1.82) is 0 Å². The number of hydrogen-bond acceptors (Lipinski definition) is 5. The van der Waals surface area contributed by atoms with Crippen molar-refractivity contribution in [2.45, 2.75) is 12.7 Å². The maximum absolute atomic E-state index is 14.6. The molecule has 0 atom stereocenters. The fourth-order valence-corrected chi connectivity index (χ4v) is 3.05. The third-order valence-corrected chi connectivity index (χ3v) is 4.55. The summed E-state index contributed by atoms with van der Waals surface area (Å²) in [7, 11) is 1.14. The summed E-state index contributed by atoms with van der Waals surface area (Å²) in [6.07, 6.45) is -4.00. The van der Waals surface area contributed by atoms with Crippen LogP contribution in [-0.4, -0.2) is 32.8 Å². The first-order valence-corrected chi connectivity index (χ1v) is 9.01. The molecule has 0 saturated carbocycles. The summed E-state index contributed by atoms with van der Waals surface area (Å²) >= 11 is 0. The van der Waals surface area contributed by atoms with Gasteiger partial charge in [-0.3, -0.25) is 9.69 Å². The highest BCUT2D eigenvalue weighted by Gasteiger charge is 2.32. The van der Waals surface area contributed by atoms with Crippen LogP contribution in [0.1, 0.15) is 25.6 Å². The third kappa shape index (κ3) is 3.96. The molecule has 3 heterocycles. The topological polar surface area (TPSA) is 72.6 Å². The monoisotopic (exact) mass is 448 g/mol. The summed E-state index contributed by atoms with van der Waals surface area (Å²) in [5.41, 5.74) is -1.69. The number of alkyl halides is 3. The van der Waals surface area contributed by atoms with Gasteiger partial charge in [0, 0.05) is 11.7 Å². The molecule has 1 aromatic carbocycles. The molecule has 11 heteroatoms. The van der Waals surface area contributed by atoms with Gasteiger partial charge in [-0.2, -0.15) is 17.7 Å². The maximum atomic E-state index is 14.6. The number of halogens is 4. The Morgan fingerprint density at radius 1 is 1.28 bits per heavy atom. The van der Waals surface area contributed by atoms with Crippen molar-refractivity contribution in [3.63, 3.8) is 0 Å². The highest BCUT2D eigenvalue weighted by atomic mass is 19.4. The lowest BCUT2D eigenvalue weighted by molar-refractivity contribution is -0.137. The second-order valence-corrected chi connectivity index (χ2v) is 6.51. The molecule has 32 heavy (non-hydrogen) atoms. The van der Waals surface area contributed by atoms with Gasteiger partial charge in [-0.25, -0.2) is 9.37 Å². The average Bonchev–Trinajstić information content (AvgIpc) is 3.30. The quantitative estimate of drug-likeness (QED) is 0.429. The predicted molar refractivity (Wildman–Crippen MR) is 106 cm³/mol. The number of carbonyl (C=O) groups is 1. The molecule has 0 bridgehead atoms. The van der Waals surface area contributed by atoms with E-state index in [1.807, 2.05) is 0 Å². The predicted octanol–water partition coefficient (Wildman–Crippen LogP) is 4.14. The summed E-state index contributed by atoms with van der Waals surface area (Å²) in [5.74, 6) is -2.49. The summed E-state index contributed by atoms with van der Waals surface area (Å²) in [6.45, 7) is -0.702. The van der Waals surface area contributed by atoms with Crippen molar-refractivity contribution in [2.24, 2.45) is 0 Å². The number of nitrogens with zero attached hydrogens (tertiary/aromatic N) is 5. The Hall–Kier alpha value is -4.02. The highest BCUT2D eigenvalue weighted by molar-refractivity contribution is 6.07. The zero-order valence-electron chi connectivity index (χ0n) is 19.3. The standard InChI is InChI=1S/C21H15F4N5O2/c1-32-19-16(5-3-9-26-19)20(31)29(18-6-2-4-15-11-27-28-30(15)18)12-13-10-14(21(23,24)25)7-8-17(13)22/h2-11H,12H2,1H3/i3D,5D,9D. The number of benzene rings is 1. The van der Waals surface area contributed by atoms with Crippen LogP contribution in [0.3, 0.4) is 0 Å². The zero-order chi connectivity index (χ0) is 25.5. The fraction of sp³-hybridized carbons (Fsp3) is 0.143. The molecular weight excluding hydrogens is 430 g/mol. The molecule has 0 saturated heterocycles. The minimum Gasteiger partial charge on any atom is -0.480 e. The molecule has 164 valence electrons. The van der Waals surface area contributed by atoms with Crippen LogP contribution in [0, 0.1) is 5.82 Å². The van der Waals surface area contributed by atoms with E-state index >= 15 is 0 Å². The van der Waals surface area contributed by atoms with Crippen LogP contribution < -0.4 is 9.64 Å². The molecule has 0 aliphatic carbocycles. The molecule has 0 fully saturated rings. The lowest BCUT2D eigenvalue weighted by atomic mass is 10.1. The van der Waals surface area contributed by atoms with Crippen LogP contribution in [-0.2, 0) is 12.7 Å². The van der Waals surface area contributed by atoms with Gasteiger partial charge in [0.2, 0.25) is 5.88 Å². The van der Waals surface area contributed by atoms with Gasteiger partial charge in [0.05, 0.1) is 35.0 Å². The van der Waals surface area contributed by atoms with Gasteiger partial charge in [0.1, 0.15) is 17.2 Å². The summed E-state index contributed by atoms with van der Waals surface area (Å²) in [6, 6.07) is 4.97. The SMILES string of the molecule is [2H]c1nc(OC)c(C(=O)N(Cc2cc(C(F)(F)F)ccc2F)c2cccc3cnnn23)c([2H])c1[2H]. The minimum absolute atomic E-state index is 0.00949. The van der Waals surface area contributed by atoms with Crippen LogP contribution in [0.25, 0.3) is 5.52 Å². The maximum Gasteiger partial charge on any atom is 0.416 e. The van der Waals surface area contributed by atoms with E-state index in [0.29, 0.717) is 23.7 Å². The smallest absolute Gasteiger partial charge is 0.416 e. The van der Waals surface area contributed by atoms with Crippen molar-refractivity contribution in [3.8, 4) is 5.88 Å². The zero-order valence-corrected chi connectivity index (χ0v) is 16.3. The van der Waals surface area contributed by atoms with E-state index in [1.165, 1.54) is 22.8 Å². The van der Waals surface area contributed by atoms with E-state index in [-0.39, 0.29) is 5.82 Å². The molecule has 1 amide bonds. The number of carbonyl (C=O) groups excluding carboxylic acids is 1. The molecule has 0 aliphatic heterocycles. The van der Waals surface area contributed by atoms with Crippen LogP contribution in [0.5, 0.6) is 5.88 Å². The number of pyridine rings is 2. The van der Waals surface area contributed by atoms with E-state index in [9.17, 15) is 22.4 Å². The first kappa shape index (κ1) is 17.6. The van der Waals surface area contributed by atoms with Crippen LogP contribution in [0.4, 0.5) is 23.4 Å². The average molecular weight is 448 g/mol. The van der Waals surface area contributed by atoms with Gasteiger partial charge < -0.3 is 4.74 Å². The number of fused-ring (bicyclic) bond motifs is 1. The minimum atomic E-state index is -4.76. The largest absolute Gasteiger partial charge is 0.480 e. The number of rotatable bonds is 5. The molecule has 0 unspecified atom stereocenters. The van der Waals surface area contributed by atoms with Gasteiger partial charge in [-0.05, 0) is 42.4 Å². The highest BCUT2D eigenvalue weighted by Crippen LogP contribution is 2.32. The van der Waals surface area contributed by atoms with Crippen LogP contribution in [0.2, 0.25) is 0 Å². The van der Waals surface area contributed by atoms with Crippen LogP contribution >= 0.6 is 0 Å². The normalized spacial score (nSPS) is 12.8. The van der Waals surface area contributed by atoms with E-state index in [2.05, 4.69) is 15.3 Å². The molecule has 3 aromatic heterocycles. The van der Waals surface area contributed by atoms with Crippen molar-refractivity contribution in [2.75, 3.05) is 12.0 Å². The Morgan fingerprint density at radius 2 is 2.09 bits per heavy atom. The molecule has 0 spiro atoms. The van der Waals surface area contributed by atoms with Crippen molar-refractivity contribution < 1.29 is 31.2 Å². The van der Waals surface area contributed by atoms with E-state index < -0.39 is 65.3 Å². The second kappa shape index (κ2) is 8.25. The molecule has 0 radical (unpaired) electrons. The Balaban J connectivity index is 1.92. The van der Waals surface area contributed by atoms with Crippen molar-refractivity contribution in [1.82, 2.24) is 19.8 Å². The summed E-state index contributed by atoms with van der Waals surface area (Å²) in [5, 5.41) is 7.62. The molecule has 7 nitrogen and oxygen atoms in total. The Labute approximate surface area is 183 Å². The summed E-state index contributed by atoms with van der Waals surface area (Å²) in [4.78, 5) is 18.3. The fourth-order valence-electron chi connectivity index (χ4n) is 3.05. The molecule has 0 aliphatic rings. The van der Waals surface area contributed by atoms with Gasteiger partial charge in [-0.15, -0.1) is 5.10 Å². The third-order valence-electron chi connectivity index (χ3n) is 4.55. The number of aromatic nitrogens is 4. The molecule has 4 aromatic rings. The van der Waals surface area contributed by atoms with Gasteiger partial charge in [-0.1, -0.05) is 11.3 Å². The summed E-state index contributed by atoms with van der Waals surface area (Å²) < 4.78 is 84.5. The Kier molecular flexibility index (Phi) is 4.55. The first-order valence-electron chi connectivity index (χ1n) is 10.5. The van der Waals surface area contributed by atoms with E-state index in [4.69, 9.17) is 8.85 Å². The number of ether oxygens (including phenoxy) is 1. The number of methoxy groups -OCH3 is 1. The van der Waals surface area contributed by atoms with Gasteiger partial charge >= 0.3 is 6.18 Å².